The lowest BCUT2D eigenvalue weighted by molar-refractivity contribution is -0.387. The molecular formula is C22H25N3O5S. The van der Waals surface area contributed by atoms with Gasteiger partial charge >= 0.3 is 5.97 Å². The Morgan fingerprint density at radius 1 is 1.10 bits per heavy atom. The summed E-state index contributed by atoms with van der Waals surface area (Å²) < 4.78 is 4.61. The number of thioether (sulfide) groups is 1. The SMILES string of the molecule is COC(=O)c1ccc(SCC(=O)N2CCN(c3cc(C)ccc3C)CC2)c([N+](=O)[O-])c1. The Labute approximate surface area is 185 Å². The minimum Gasteiger partial charge on any atom is -0.465 e. The number of nitrogens with zero attached hydrogens (tertiary/aromatic N) is 3. The maximum atomic E-state index is 12.7. The maximum absolute atomic E-state index is 12.7. The van der Waals surface area contributed by atoms with Crippen LogP contribution in [-0.4, -0.2) is 60.7 Å². The molecule has 31 heavy (non-hydrogen) atoms. The average Bonchev–Trinajstić information content (AvgIpc) is 2.78. The highest BCUT2D eigenvalue weighted by molar-refractivity contribution is 8.00. The van der Waals surface area contributed by atoms with Crippen LogP contribution in [0.5, 0.6) is 0 Å². The van der Waals surface area contributed by atoms with Crippen molar-refractivity contribution in [2.24, 2.45) is 0 Å². The van der Waals surface area contributed by atoms with E-state index in [4.69, 9.17) is 0 Å². The first-order valence-corrected chi connectivity index (χ1v) is 10.9. The van der Waals surface area contributed by atoms with Crippen LogP contribution in [0.2, 0.25) is 0 Å². The highest BCUT2D eigenvalue weighted by atomic mass is 32.2. The zero-order valence-electron chi connectivity index (χ0n) is 17.8. The molecule has 3 rings (SSSR count). The van der Waals surface area contributed by atoms with Crippen LogP contribution in [-0.2, 0) is 9.53 Å². The molecule has 164 valence electrons. The molecule has 8 nitrogen and oxygen atoms in total. The van der Waals surface area contributed by atoms with E-state index in [-0.39, 0.29) is 22.9 Å². The summed E-state index contributed by atoms with van der Waals surface area (Å²) in [6, 6.07) is 10.5. The third-order valence-corrected chi connectivity index (χ3v) is 6.31. The normalized spacial score (nSPS) is 13.8. The molecule has 1 heterocycles. The zero-order valence-corrected chi connectivity index (χ0v) is 18.6. The van der Waals surface area contributed by atoms with Gasteiger partial charge in [0.1, 0.15) is 0 Å². The highest BCUT2D eigenvalue weighted by Crippen LogP contribution is 2.31. The minimum absolute atomic E-state index is 0.0584. The van der Waals surface area contributed by atoms with E-state index in [0.29, 0.717) is 18.0 Å². The van der Waals surface area contributed by atoms with Crippen LogP contribution in [0.1, 0.15) is 21.5 Å². The van der Waals surface area contributed by atoms with Gasteiger partial charge in [-0.3, -0.25) is 14.9 Å². The van der Waals surface area contributed by atoms with E-state index in [9.17, 15) is 19.7 Å². The Morgan fingerprint density at radius 3 is 2.45 bits per heavy atom. The molecule has 0 unspecified atom stereocenters. The lowest BCUT2D eigenvalue weighted by Gasteiger charge is -2.37. The number of hydrogen-bond acceptors (Lipinski definition) is 7. The predicted octanol–water partition coefficient (Wildman–Crippen LogP) is 3.44. The molecule has 1 saturated heterocycles. The molecule has 0 aliphatic carbocycles. The minimum atomic E-state index is -0.641. The molecule has 0 radical (unpaired) electrons. The number of aryl methyl sites for hydroxylation is 2. The van der Waals surface area contributed by atoms with E-state index >= 15 is 0 Å². The molecule has 2 aromatic rings. The van der Waals surface area contributed by atoms with Crippen molar-refractivity contribution in [1.82, 2.24) is 4.90 Å². The van der Waals surface area contributed by atoms with Gasteiger partial charge in [0, 0.05) is 37.9 Å². The van der Waals surface area contributed by atoms with Crippen molar-refractivity contribution >= 4 is 35.0 Å². The quantitative estimate of drug-likeness (QED) is 0.292. The summed E-state index contributed by atoms with van der Waals surface area (Å²) in [4.78, 5) is 39.6. The maximum Gasteiger partial charge on any atom is 0.338 e. The van der Waals surface area contributed by atoms with E-state index in [1.807, 2.05) is 0 Å². The number of nitro groups is 1. The van der Waals surface area contributed by atoms with E-state index < -0.39 is 10.9 Å². The van der Waals surface area contributed by atoms with Crippen molar-refractivity contribution in [1.29, 1.82) is 0 Å². The Kier molecular flexibility index (Phi) is 7.17. The highest BCUT2D eigenvalue weighted by Gasteiger charge is 2.24. The van der Waals surface area contributed by atoms with Crippen LogP contribution in [0, 0.1) is 24.0 Å². The number of anilines is 1. The lowest BCUT2D eigenvalue weighted by Crippen LogP contribution is -2.49. The second-order valence-electron chi connectivity index (χ2n) is 7.38. The second kappa shape index (κ2) is 9.82. The number of amides is 1. The van der Waals surface area contributed by atoms with Gasteiger partial charge in [-0.1, -0.05) is 12.1 Å². The average molecular weight is 444 g/mol. The first-order valence-electron chi connectivity index (χ1n) is 9.89. The van der Waals surface area contributed by atoms with Crippen LogP contribution in [0.15, 0.2) is 41.3 Å². The second-order valence-corrected chi connectivity index (χ2v) is 8.39. The molecule has 9 heteroatoms. The fourth-order valence-corrected chi connectivity index (χ4v) is 4.42. The Hall–Kier alpha value is -3.07. The number of nitro benzene ring substituents is 1. The third-order valence-electron chi connectivity index (χ3n) is 5.27. The Bertz CT molecular complexity index is 1000. The van der Waals surface area contributed by atoms with Crippen molar-refractivity contribution in [3.8, 4) is 0 Å². The largest absolute Gasteiger partial charge is 0.465 e. The van der Waals surface area contributed by atoms with Crippen molar-refractivity contribution in [3.05, 3.63) is 63.2 Å². The van der Waals surface area contributed by atoms with Gasteiger partial charge in [0.25, 0.3) is 5.69 Å². The summed E-state index contributed by atoms with van der Waals surface area (Å²) in [5, 5.41) is 11.4. The van der Waals surface area contributed by atoms with Gasteiger partial charge in [0.05, 0.1) is 28.2 Å². The van der Waals surface area contributed by atoms with Crippen LogP contribution >= 0.6 is 11.8 Å². The molecule has 0 atom stereocenters. The van der Waals surface area contributed by atoms with Crippen molar-refractivity contribution in [2.45, 2.75) is 18.7 Å². The van der Waals surface area contributed by atoms with E-state index in [0.717, 1.165) is 24.9 Å². The summed E-state index contributed by atoms with van der Waals surface area (Å²) in [7, 11) is 1.22. The first-order chi connectivity index (χ1) is 14.8. The summed E-state index contributed by atoms with van der Waals surface area (Å²) in [6.45, 7) is 6.85. The Morgan fingerprint density at radius 2 is 1.81 bits per heavy atom. The van der Waals surface area contributed by atoms with Crippen molar-refractivity contribution in [3.63, 3.8) is 0 Å². The van der Waals surface area contributed by atoms with E-state index in [2.05, 4.69) is 41.7 Å². The van der Waals surface area contributed by atoms with Gasteiger partial charge in [-0.15, -0.1) is 11.8 Å². The molecule has 0 saturated carbocycles. The number of methoxy groups -OCH3 is 1. The molecule has 0 bridgehead atoms. The number of carbonyl (C=O) groups excluding carboxylic acids is 2. The van der Waals surface area contributed by atoms with Crippen LogP contribution < -0.4 is 4.90 Å². The fourth-order valence-electron chi connectivity index (χ4n) is 3.51. The molecule has 2 aromatic carbocycles. The summed E-state index contributed by atoms with van der Waals surface area (Å²) in [6.07, 6.45) is 0. The van der Waals surface area contributed by atoms with Gasteiger partial charge in [-0.05, 0) is 43.2 Å². The molecule has 1 amide bonds. The van der Waals surface area contributed by atoms with E-state index in [1.54, 1.807) is 4.90 Å². The van der Waals surface area contributed by atoms with Crippen molar-refractivity contribution < 1.29 is 19.2 Å². The number of esters is 1. The third kappa shape index (κ3) is 5.35. The predicted molar refractivity (Wildman–Crippen MR) is 120 cm³/mol. The first kappa shape index (κ1) is 22.6. The van der Waals surface area contributed by atoms with Gasteiger partial charge in [-0.2, -0.15) is 0 Å². The molecule has 0 spiro atoms. The number of ether oxygens (including phenoxy) is 1. The molecule has 0 aromatic heterocycles. The lowest BCUT2D eigenvalue weighted by atomic mass is 10.1. The van der Waals surface area contributed by atoms with Gasteiger partial charge < -0.3 is 14.5 Å². The smallest absolute Gasteiger partial charge is 0.338 e. The zero-order chi connectivity index (χ0) is 22.5. The fraction of sp³-hybridized carbons (Fsp3) is 0.364. The monoisotopic (exact) mass is 443 g/mol. The standard InChI is InChI=1S/C22H25N3O5S/c1-15-4-5-16(2)18(12-15)23-8-10-24(11-9-23)21(26)14-31-20-7-6-17(22(27)30-3)13-19(20)25(28)29/h4-7,12-13H,8-11,14H2,1-3H3. The van der Waals surface area contributed by atoms with Crippen LogP contribution in [0.4, 0.5) is 11.4 Å². The van der Waals surface area contributed by atoms with Crippen LogP contribution in [0.3, 0.4) is 0 Å². The number of piperazine rings is 1. The number of hydrogen-bond donors (Lipinski definition) is 0. The summed E-state index contributed by atoms with van der Waals surface area (Å²) in [5.41, 5.74) is 3.51. The molecule has 1 fully saturated rings. The molecule has 1 aliphatic heterocycles. The van der Waals surface area contributed by atoms with Crippen molar-refractivity contribution in [2.75, 3.05) is 43.9 Å². The number of benzene rings is 2. The van der Waals surface area contributed by atoms with Gasteiger partial charge in [0.15, 0.2) is 0 Å². The molecular weight excluding hydrogens is 418 g/mol. The van der Waals surface area contributed by atoms with Crippen LogP contribution in [0.25, 0.3) is 0 Å². The number of carbonyl (C=O) groups is 2. The topological polar surface area (TPSA) is 93.0 Å². The Balaban J connectivity index is 1.60. The summed E-state index contributed by atoms with van der Waals surface area (Å²) in [5.74, 6) is -0.601. The van der Waals surface area contributed by atoms with E-state index in [1.165, 1.54) is 42.1 Å². The van der Waals surface area contributed by atoms with Gasteiger partial charge in [-0.25, -0.2) is 4.79 Å². The summed E-state index contributed by atoms with van der Waals surface area (Å²) >= 11 is 1.11. The molecule has 1 aliphatic rings. The number of rotatable bonds is 6. The molecule has 0 N–H and O–H groups in total. The van der Waals surface area contributed by atoms with Gasteiger partial charge in [0.2, 0.25) is 5.91 Å².